The molecule has 0 atom stereocenters. The van der Waals surface area contributed by atoms with E-state index in [-0.39, 0.29) is 12.3 Å². The van der Waals surface area contributed by atoms with Gasteiger partial charge in [-0.15, -0.1) is 0 Å². The average Bonchev–Trinajstić information content (AvgIpc) is 3.03. The minimum atomic E-state index is -0.103. The first-order chi connectivity index (χ1) is 11.6. The van der Waals surface area contributed by atoms with Gasteiger partial charge in [-0.05, 0) is 24.6 Å². The number of benzene rings is 2. The molecule has 4 nitrogen and oxygen atoms in total. The predicted octanol–water partition coefficient (Wildman–Crippen LogP) is 4.16. The molecule has 0 spiro atoms. The van der Waals surface area contributed by atoms with Crippen LogP contribution in [0.4, 0.5) is 0 Å². The molecule has 0 unspecified atom stereocenters. The third-order valence-corrected chi connectivity index (χ3v) is 3.89. The van der Waals surface area contributed by atoms with Gasteiger partial charge in [-0.1, -0.05) is 58.7 Å². The third-order valence-electron chi connectivity index (χ3n) is 3.64. The van der Waals surface area contributed by atoms with Crippen molar-refractivity contribution < 1.29 is 9.32 Å². The zero-order chi connectivity index (χ0) is 16.9. The molecule has 0 aliphatic heterocycles. The average molecular weight is 341 g/mol. The minimum absolute atomic E-state index is 0.103. The zero-order valence-corrected chi connectivity index (χ0v) is 14.0. The lowest BCUT2D eigenvalue weighted by molar-refractivity contribution is -0.120. The number of carbonyl (C=O) groups is 1. The number of carbonyl (C=O) groups excluding carboxylic acids is 1. The number of hydrogen-bond acceptors (Lipinski definition) is 3. The van der Waals surface area contributed by atoms with Gasteiger partial charge in [0.2, 0.25) is 5.91 Å². The van der Waals surface area contributed by atoms with Crippen LogP contribution in [0.15, 0.2) is 59.1 Å². The van der Waals surface area contributed by atoms with E-state index in [0.29, 0.717) is 23.0 Å². The van der Waals surface area contributed by atoms with Crippen LogP contribution in [0.3, 0.4) is 0 Å². The van der Waals surface area contributed by atoms with Gasteiger partial charge in [0.1, 0.15) is 0 Å². The molecular formula is C19H17ClN2O2. The van der Waals surface area contributed by atoms with Gasteiger partial charge in [0.25, 0.3) is 0 Å². The highest BCUT2D eigenvalue weighted by Crippen LogP contribution is 2.20. The third kappa shape index (κ3) is 4.24. The lowest BCUT2D eigenvalue weighted by atomic mass is 10.1. The molecule has 3 rings (SSSR count). The van der Waals surface area contributed by atoms with Crippen molar-refractivity contribution in [1.82, 2.24) is 10.5 Å². The van der Waals surface area contributed by atoms with E-state index in [1.54, 1.807) is 18.2 Å². The molecule has 2 aromatic carbocycles. The molecule has 24 heavy (non-hydrogen) atoms. The van der Waals surface area contributed by atoms with E-state index in [2.05, 4.69) is 10.5 Å². The number of aromatic nitrogens is 1. The number of hydrogen-bond donors (Lipinski definition) is 1. The smallest absolute Gasteiger partial charge is 0.226 e. The Hall–Kier alpha value is -2.59. The molecule has 0 radical (unpaired) electrons. The quantitative estimate of drug-likeness (QED) is 0.758. The SMILES string of the molecule is Cc1ccc(-c2cc(CC(=O)NCc3ccc(Cl)cc3)no2)cc1. The van der Waals surface area contributed by atoms with E-state index in [4.69, 9.17) is 16.1 Å². The van der Waals surface area contributed by atoms with Gasteiger partial charge in [-0.25, -0.2) is 0 Å². The van der Waals surface area contributed by atoms with Crippen molar-refractivity contribution in [2.75, 3.05) is 0 Å². The highest BCUT2D eigenvalue weighted by Gasteiger charge is 2.10. The maximum Gasteiger partial charge on any atom is 0.226 e. The summed E-state index contributed by atoms with van der Waals surface area (Å²) in [4.78, 5) is 12.0. The maximum absolute atomic E-state index is 12.0. The van der Waals surface area contributed by atoms with Gasteiger partial charge in [-0.2, -0.15) is 0 Å². The number of nitrogens with zero attached hydrogens (tertiary/aromatic N) is 1. The fourth-order valence-electron chi connectivity index (χ4n) is 2.28. The van der Waals surface area contributed by atoms with Gasteiger partial charge in [-0.3, -0.25) is 4.79 Å². The molecule has 1 aromatic heterocycles. The Kier molecular flexibility index (Phi) is 4.96. The highest BCUT2D eigenvalue weighted by atomic mass is 35.5. The zero-order valence-electron chi connectivity index (χ0n) is 13.3. The number of aryl methyl sites for hydroxylation is 1. The summed E-state index contributed by atoms with van der Waals surface area (Å²) in [6, 6.07) is 17.1. The van der Waals surface area contributed by atoms with Crippen LogP contribution in [0.5, 0.6) is 0 Å². The summed E-state index contributed by atoms with van der Waals surface area (Å²) in [7, 11) is 0. The molecule has 0 bridgehead atoms. The van der Waals surface area contributed by atoms with Crippen LogP contribution in [0, 0.1) is 6.92 Å². The van der Waals surface area contributed by atoms with Crippen molar-refractivity contribution in [3.63, 3.8) is 0 Å². The second-order valence-corrected chi connectivity index (χ2v) is 6.06. The van der Waals surface area contributed by atoms with Crippen molar-refractivity contribution in [3.05, 3.63) is 76.4 Å². The topological polar surface area (TPSA) is 55.1 Å². The van der Waals surface area contributed by atoms with Crippen molar-refractivity contribution in [3.8, 4) is 11.3 Å². The van der Waals surface area contributed by atoms with Crippen LogP contribution in [0.25, 0.3) is 11.3 Å². The molecule has 0 aliphatic rings. The molecule has 0 saturated carbocycles. The van der Waals surface area contributed by atoms with Crippen LogP contribution in [-0.2, 0) is 17.8 Å². The summed E-state index contributed by atoms with van der Waals surface area (Å²) in [6.07, 6.45) is 0.183. The predicted molar refractivity (Wildman–Crippen MR) is 93.7 cm³/mol. The first kappa shape index (κ1) is 16.3. The lowest BCUT2D eigenvalue weighted by Gasteiger charge is -2.04. The first-order valence-corrected chi connectivity index (χ1v) is 8.02. The summed E-state index contributed by atoms with van der Waals surface area (Å²) in [5, 5.41) is 7.51. The number of rotatable bonds is 5. The summed E-state index contributed by atoms with van der Waals surface area (Å²) < 4.78 is 5.32. The monoisotopic (exact) mass is 340 g/mol. The van der Waals surface area contributed by atoms with Gasteiger partial charge < -0.3 is 9.84 Å². The molecule has 0 fully saturated rings. The summed E-state index contributed by atoms with van der Waals surface area (Å²) in [6.45, 7) is 2.49. The van der Waals surface area contributed by atoms with E-state index in [0.717, 1.165) is 11.1 Å². The van der Waals surface area contributed by atoms with Gasteiger partial charge in [0.05, 0.1) is 12.1 Å². The van der Waals surface area contributed by atoms with Gasteiger partial charge >= 0.3 is 0 Å². The summed E-state index contributed by atoms with van der Waals surface area (Å²) in [5.41, 5.74) is 3.73. The second-order valence-electron chi connectivity index (χ2n) is 5.63. The number of halogens is 1. The van der Waals surface area contributed by atoms with E-state index in [9.17, 15) is 4.79 Å². The van der Waals surface area contributed by atoms with Crippen LogP contribution >= 0.6 is 11.6 Å². The molecule has 1 amide bonds. The number of amides is 1. The summed E-state index contributed by atoms with van der Waals surface area (Å²) in [5.74, 6) is 0.559. The minimum Gasteiger partial charge on any atom is -0.356 e. The molecule has 1 heterocycles. The standard InChI is InChI=1S/C19H17ClN2O2/c1-13-2-6-15(7-3-13)18-10-17(22-24-18)11-19(23)21-12-14-4-8-16(20)9-5-14/h2-10H,11-12H2,1H3,(H,21,23). The van der Waals surface area contributed by atoms with E-state index in [1.807, 2.05) is 43.3 Å². The van der Waals surface area contributed by atoms with Crippen LogP contribution in [0.2, 0.25) is 5.02 Å². The Morgan fingerprint density at radius 2 is 1.83 bits per heavy atom. The molecule has 3 aromatic rings. The molecule has 0 aliphatic carbocycles. The Balaban J connectivity index is 1.57. The van der Waals surface area contributed by atoms with Crippen molar-refractivity contribution in [2.24, 2.45) is 0 Å². The summed E-state index contributed by atoms with van der Waals surface area (Å²) >= 11 is 5.84. The van der Waals surface area contributed by atoms with E-state index in [1.165, 1.54) is 5.56 Å². The molecular weight excluding hydrogens is 324 g/mol. The maximum atomic E-state index is 12.0. The number of nitrogens with one attached hydrogen (secondary N) is 1. The largest absolute Gasteiger partial charge is 0.356 e. The van der Waals surface area contributed by atoms with Crippen LogP contribution < -0.4 is 5.32 Å². The van der Waals surface area contributed by atoms with E-state index >= 15 is 0 Å². The molecule has 5 heteroatoms. The van der Waals surface area contributed by atoms with E-state index < -0.39 is 0 Å². The fraction of sp³-hybridized carbons (Fsp3) is 0.158. The lowest BCUT2D eigenvalue weighted by Crippen LogP contribution is -2.24. The fourth-order valence-corrected chi connectivity index (χ4v) is 2.40. The second kappa shape index (κ2) is 7.32. The van der Waals surface area contributed by atoms with Crippen LogP contribution in [0.1, 0.15) is 16.8 Å². The van der Waals surface area contributed by atoms with Crippen molar-refractivity contribution in [2.45, 2.75) is 19.9 Å². The van der Waals surface area contributed by atoms with Crippen LogP contribution in [-0.4, -0.2) is 11.1 Å². The highest BCUT2D eigenvalue weighted by molar-refractivity contribution is 6.30. The first-order valence-electron chi connectivity index (χ1n) is 7.64. The van der Waals surface area contributed by atoms with Crippen molar-refractivity contribution >= 4 is 17.5 Å². The van der Waals surface area contributed by atoms with Gasteiger partial charge in [0, 0.05) is 23.2 Å². The Morgan fingerprint density at radius 3 is 2.54 bits per heavy atom. The normalized spacial score (nSPS) is 10.6. The molecule has 122 valence electrons. The molecule has 1 N–H and O–H groups in total. The Bertz CT molecular complexity index is 823. The van der Waals surface area contributed by atoms with Crippen molar-refractivity contribution in [1.29, 1.82) is 0 Å². The molecule has 0 saturated heterocycles. The Morgan fingerprint density at radius 1 is 1.12 bits per heavy atom. The Labute approximate surface area is 145 Å². The van der Waals surface area contributed by atoms with Gasteiger partial charge in [0.15, 0.2) is 5.76 Å².